The molecule has 2 aromatic carbocycles. The van der Waals surface area contributed by atoms with Crippen LogP contribution in [0.15, 0.2) is 73.3 Å². The Morgan fingerprint density at radius 3 is 2.28 bits per heavy atom. The van der Waals surface area contributed by atoms with E-state index in [4.69, 9.17) is 0 Å². The van der Waals surface area contributed by atoms with E-state index in [0.717, 1.165) is 11.4 Å². The molecule has 1 nitrogen and oxygen atoms in total. The summed E-state index contributed by atoms with van der Waals surface area (Å²) in [5.74, 6) is 0. The van der Waals surface area contributed by atoms with E-state index in [0.29, 0.717) is 0 Å². The lowest BCUT2D eigenvalue weighted by Gasteiger charge is -2.09. The number of fused-ring (bicyclic) bond motifs is 1. The second-order valence-corrected chi connectivity index (χ2v) is 7.26. The zero-order valence-corrected chi connectivity index (χ0v) is 18.9. The maximum absolute atomic E-state index is 4.00. The number of anilines is 2. The molecule has 0 radical (unpaired) electrons. The van der Waals surface area contributed by atoms with Crippen LogP contribution < -0.4 is 5.32 Å². The minimum absolute atomic E-state index is 1.09. The Kier molecular flexibility index (Phi) is 8.69. The van der Waals surface area contributed by atoms with Crippen LogP contribution in [0.2, 0.25) is 0 Å². The van der Waals surface area contributed by atoms with Gasteiger partial charge in [-0.3, -0.25) is 0 Å². The van der Waals surface area contributed by atoms with E-state index >= 15 is 0 Å². The Morgan fingerprint density at radius 2 is 1.69 bits per heavy atom. The normalized spacial score (nSPS) is 11.7. The Balaban J connectivity index is 0.00000145. The van der Waals surface area contributed by atoms with Gasteiger partial charge in [0.2, 0.25) is 0 Å². The lowest BCUT2D eigenvalue weighted by molar-refractivity contribution is 1.50. The van der Waals surface area contributed by atoms with E-state index in [-0.39, 0.29) is 0 Å². The average Bonchev–Trinajstić information content (AvgIpc) is 3.12. The molecule has 0 fully saturated rings. The van der Waals surface area contributed by atoms with Gasteiger partial charge in [-0.2, -0.15) is 0 Å². The molecular weight excluding hydrogens is 370 g/mol. The van der Waals surface area contributed by atoms with Crippen LogP contribution in [0.1, 0.15) is 50.6 Å². The predicted molar refractivity (Wildman–Crippen MR) is 136 cm³/mol. The topological polar surface area (TPSA) is 12.0 Å². The fourth-order valence-corrected chi connectivity index (χ4v) is 4.43. The summed E-state index contributed by atoms with van der Waals surface area (Å²) in [7, 11) is 0. The van der Waals surface area contributed by atoms with E-state index in [2.05, 4.69) is 91.7 Å². The number of thiophene rings is 1. The summed E-state index contributed by atoms with van der Waals surface area (Å²) >= 11 is 1.80. The molecule has 0 aliphatic rings. The number of benzene rings is 2. The van der Waals surface area contributed by atoms with Gasteiger partial charge in [-0.15, -0.1) is 11.3 Å². The highest BCUT2D eigenvalue weighted by Crippen LogP contribution is 2.38. The minimum Gasteiger partial charge on any atom is -0.354 e. The summed E-state index contributed by atoms with van der Waals surface area (Å²) in [6.45, 7) is 14.2. The first-order chi connectivity index (χ1) is 14.2. The molecule has 2 heteroatoms. The highest BCUT2D eigenvalue weighted by atomic mass is 32.1. The van der Waals surface area contributed by atoms with Crippen LogP contribution in [-0.4, -0.2) is 0 Å². The summed E-state index contributed by atoms with van der Waals surface area (Å²) in [5.41, 5.74) is 5.87. The number of hydrogen-bond donors (Lipinski definition) is 1. The molecule has 3 rings (SSSR count). The molecule has 0 aliphatic heterocycles. The highest BCUT2D eigenvalue weighted by molar-refractivity contribution is 7.20. The highest BCUT2D eigenvalue weighted by Gasteiger charge is 2.11. The molecular formula is C27H31NS. The lowest BCUT2D eigenvalue weighted by Crippen LogP contribution is -1.91. The minimum atomic E-state index is 1.09. The first-order valence-corrected chi connectivity index (χ1v) is 11.0. The Labute approximate surface area is 179 Å². The summed E-state index contributed by atoms with van der Waals surface area (Å²) in [5, 5.41) is 4.83. The summed E-state index contributed by atoms with van der Waals surface area (Å²) in [6, 6.07) is 15.0. The molecule has 0 saturated heterocycles. The molecule has 29 heavy (non-hydrogen) atoms. The number of allylic oxidation sites excluding steroid dienone is 5. The van der Waals surface area contributed by atoms with Gasteiger partial charge in [-0.25, -0.2) is 0 Å². The second-order valence-electron chi connectivity index (χ2n) is 6.21. The van der Waals surface area contributed by atoms with Crippen LogP contribution in [0, 0.1) is 0 Å². The van der Waals surface area contributed by atoms with Crippen LogP contribution in [0.3, 0.4) is 0 Å². The number of nitrogens with one attached hydrogen (secondary N) is 1. The molecule has 1 heterocycles. The van der Waals surface area contributed by atoms with Crippen molar-refractivity contribution in [1.82, 2.24) is 0 Å². The van der Waals surface area contributed by atoms with Crippen LogP contribution in [0.5, 0.6) is 0 Å². The zero-order valence-electron chi connectivity index (χ0n) is 18.1. The quantitative estimate of drug-likeness (QED) is 0.406. The van der Waals surface area contributed by atoms with Gasteiger partial charge in [0.25, 0.3) is 0 Å². The molecule has 150 valence electrons. The molecule has 1 aromatic heterocycles. The van der Waals surface area contributed by atoms with Gasteiger partial charge in [-0.1, -0.05) is 75.1 Å². The summed E-state index contributed by atoms with van der Waals surface area (Å²) in [4.78, 5) is 1.25. The van der Waals surface area contributed by atoms with Crippen molar-refractivity contribution in [3.8, 4) is 0 Å². The van der Waals surface area contributed by atoms with E-state index in [1.165, 1.54) is 31.7 Å². The Hall–Kier alpha value is -2.84. The molecule has 1 N–H and O–H groups in total. The van der Waals surface area contributed by atoms with Crippen molar-refractivity contribution in [2.24, 2.45) is 0 Å². The first kappa shape index (κ1) is 22.4. The predicted octanol–water partition coefficient (Wildman–Crippen LogP) is 9.33. The van der Waals surface area contributed by atoms with Crippen LogP contribution in [0.25, 0.3) is 27.8 Å². The SMILES string of the molecule is C=Cc1c(/C=C\C)sc2c(Nc3ccc(C(/C=C\C)=C/C)cc3)cccc12.CC. The Morgan fingerprint density at radius 1 is 0.966 bits per heavy atom. The van der Waals surface area contributed by atoms with Crippen LogP contribution in [-0.2, 0) is 0 Å². The zero-order chi connectivity index (χ0) is 21.2. The van der Waals surface area contributed by atoms with Crippen molar-refractivity contribution >= 4 is 50.5 Å². The average molecular weight is 402 g/mol. The molecule has 0 unspecified atom stereocenters. The maximum Gasteiger partial charge on any atom is 0.0590 e. The van der Waals surface area contributed by atoms with E-state index in [1.807, 2.05) is 33.8 Å². The third-order valence-corrected chi connectivity index (χ3v) is 5.68. The molecule has 0 atom stereocenters. The van der Waals surface area contributed by atoms with Crippen molar-refractivity contribution in [1.29, 1.82) is 0 Å². The Bertz CT molecular complexity index is 1030. The van der Waals surface area contributed by atoms with Gasteiger partial charge in [0.05, 0.1) is 10.4 Å². The maximum atomic E-state index is 4.00. The first-order valence-electron chi connectivity index (χ1n) is 10.2. The van der Waals surface area contributed by atoms with Crippen molar-refractivity contribution in [2.75, 3.05) is 5.32 Å². The van der Waals surface area contributed by atoms with E-state index in [9.17, 15) is 0 Å². The molecule has 0 bridgehead atoms. The van der Waals surface area contributed by atoms with Gasteiger partial charge in [0.1, 0.15) is 0 Å². The molecule has 0 aliphatic carbocycles. The summed E-state index contributed by atoms with van der Waals surface area (Å²) in [6.07, 6.45) is 12.5. The standard InChI is InChI=1S/C25H25NS.C2H6/c1-5-10-18(7-3)19-14-16-20(17-15-19)26-23-13-9-12-22-21(8-4)24(11-6-2)27-25(22)23;1-2/h5-17,26H,4H2,1-3H3;1-2H3/b10-5-,11-6-,18-7+;. The fraction of sp³-hybridized carbons (Fsp3) is 0.185. The second kappa shape index (κ2) is 11.2. The summed E-state index contributed by atoms with van der Waals surface area (Å²) < 4.78 is 1.26. The number of hydrogen-bond acceptors (Lipinski definition) is 2. The van der Waals surface area contributed by atoms with Crippen molar-refractivity contribution in [3.63, 3.8) is 0 Å². The third kappa shape index (κ3) is 5.16. The molecule has 3 aromatic rings. The molecule has 0 spiro atoms. The van der Waals surface area contributed by atoms with Crippen molar-refractivity contribution in [3.05, 3.63) is 89.4 Å². The van der Waals surface area contributed by atoms with Gasteiger partial charge < -0.3 is 5.32 Å². The molecule has 0 amide bonds. The fourth-order valence-electron chi connectivity index (χ4n) is 3.18. The van der Waals surface area contributed by atoms with Crippen molar-refractivity contribution in [2.45, 2.75) is 34.6 Å². The van der Waals surface area contributed by atoms with E-state index < -0.39 is 0 Å². The largest absolute Gasteiger partial charge is 0.354 e. The van der Waals surface area contributed by atoms with Crippen LogP contribution in [0.4, 0.5) is 11.4 Å². The van der Waals surface area contributed by atoms with E-state index in [1.54, 1.807) is 11.3 Å². The monoisotopic (exact) mass is 401 g/mol. The third-order valence-electron chi connectivity index (χ3n) is 4.46. The van der Waals surface area contributed by atoms with Crippen molar-refractivity contribution < 1.29 is 0 Å². The lowest BCUT2D eigenvalue weighted by atomic mass is 10.0. The van der Waals surface area contributed by atoms with Crippen LogP contribution >= 0.6 is 11.3 Å². The smallest absolute Gasteiger partial charge is 0.0590 e. The van der Waals surface area contributed by atoms with Gasteiger partial charge >= 0.3 is 0 Å². The number of rotatable bonds is 6. The molecule has 0 saturated carbocycles. The van der Waals surface area contributed by atoms with Gasteiger partial charge in [0, 0.05) is 16.0 Å². The van der Waals surface area contributed by atoms with Gasteiger partial charge in [-0.05, 0) is 61.7 Å². The van der Waals surface area contributed by atoms with Gasteiger partial charge in [0.15, 0.2) is 0 Å².